The van der Waals surface area contributed by atoms with Crippen LogP contribution in [-0.2, 0) is 4.79 Å². The van der Waals surface area contributed by atoms with E-state index in [4.69, 9.17) is 5.11 Å². The van der Waals surface area contributed by atoms with Crippen molar-refractivity contribution in [2.45, 2.75) is 20.8 Å². The maximum Gasteiger partial charge on any atom is 0.382 e. The average Bonchev–Trinajstić information content (AvgIpc) is 2.98. The molecule has 0 atom stereocenters. The van der Waals surface area contributed by atoms with E-state index in [9.17, 15) is 4.79 Å². The SMILES string of the molecule is Cc1ccc(C(=Cc2ccc(N(c3ccc(C)cc3)c3ccc(C#CC(=O)O)cc3)cc2)c2ccc(C)cc2)cc1. The largest absolute Gasteiger partial charge is 0.472 e. The fourth-order valence-corrected chi connectivity index (χ4v) is 4.65. The fourth-order valence-electron chi connectivity index (χ4n) is 4.65. The molecule has 5 aromatic rings. The molecule has 0 radical (unpaired) electrons. The molecule has 0 fully saturated rings. The number of aliphatic carboxylic acids is 1. The van der Waals surface area contributed by atoms with Gasteiger partial charge in [-0.3, -0.25) is 0 Å². The molecule has 200 valence electrons. The van der Waals surface area contributed by atoms with E-state index in [0.29, 0.717) is 5.56 Å². The Kier molecular flexibility index (Phi) is 8.13. The highest BCUT2D eigenvalue weighted by atomic mass is 16.4. The number of rotatable bonds is 6. The van der Waals surface area contributed by atoms with Gasteiger partial charge >= 0.3 is 5.97 Å². The summed E-state index contributed by atoms with van der Waals surface area (Å²) >= 11 is 0. The summed E-state index contributed by atoms with van der Waals surface area (Å²) in [4.78, 5) is 13.0. The predicted octanol–water partition coefficient (Wildman–Crippen LogP) is 9.11. The Hall–Kier alpha value is -5.33. The molecule has 0 aliphatic carbocycles. The molecule has 3 nitrogen and oxygen atoms in total. The normalized spacial score (nSPS) is 10.3. The molecule has 0 saturated heterocycles. The van der Waals surface area contributed by atoms with Crippen molar-refractivity contribution in [2.75, 3.05) is 4.90 Å². The number of hydrogen-bond acceptors (Lipinski definition) is 2. The molecule has 41 heavy (non-hydrogen) atoms. The first-order chi connectivity index (χ1) is 19.9. The molecular formula is C38H31NO2. The molecule has 0 unspecified atom stereocenters. The molecule has 5 aromatic carbocycles. The second kappa shape index (κ2) is 12.2. The van der Waals surface area contributed by atoms with Gasteiger partial charge in [0.05, 0.1) is 0 Å². The number of benzene rings is 5. The molecule has 0 amide bonds. The molecule has 0 spiro atoms. The number of carboxylic acids is 1. The summed E-state index contributed by atoms with van der Waals surface area (Å²) in [5.74, 6) is 3.72. The summed E-state index contributed by atoms with van der Waals surface area (Å²) in [6.07, 6.45) is 2.24. The zero-order chi connectivity index (χ0) is 28.8. The number of hydrogen-bond donors (Lipinski definition) is 1. The van der Waals surface area contributed by atoms with E-state index in [2.05, 4.69) is 141 Å². The summed E-state index contributed by atoms with van der Waals surface area (Å²) < 4.78 is 0. The monoisotopic (exact) mass is 533 g/mol. The second-order valence-electron chi connectivity index (χ2n) is 10.2. The quantitative estimate of drug-likeness (QED) is 0.175. The Balaban J connectivity index is 1.53. The zero-order valence-electron chi connectivity index (χ0n) is 23.4. The minimum absolute atomic E-state index is 0.653. The van der Waals surface area contributed by atoms with Crippen LogP contribution in [0.25, 0.3) is 11.6 Å². The van der Waals surface area contributed by atoms with Gasteiger partial charge in [-0.1, -0.05) is 95.4 Å². The first-order valence-corrected chi connectivity index (χ1v) is 13.5. The summed E-state index contributed by atoms with van der Waals surface area (Å²) in [5, 5.41) is 8.88. The van der Waals surface area contributed by atoms with Crippen molar-refractivity contribution in [1.82, 2.24) is 0 Å². The first kappa shape index (κ1) is 27.2. The highest BCUT2D eigenvalue weighted by molar-refractivity contribution is 5.92. The van der Waals surface area contributed by atoms with Crippen LogP contribution in [-0.4, -0.2) is 11.1 Å². The summed E-state index contributed by atoms with van der Waals surface area (Å²) in [7, 11) is 0. The predicted molar refractivity (Wildman–Crippen MR) is 170 cm³/mol. The minimum Gasteiger partial charge on any atom is -0.472 e. The van der Waals surface area contributed by atoms with Gasteiger partial charge in [0.2, 0.25) is 0 Å². The van der Waals surface area contributed by atoms with Crippen molar-refractivity contribution in [3.05, 3.63) is 160 Å². The van der Waals surface area contributed by atoms with Gasteiger partial charge in [0.15, 0.2) is 0 Å². The van der Waals surface area contributed by atoms with Crippen molar-refractivity contribution in [1.29, 1.82) is 0 Å². The van der Waals surface area contributed by atoms with Crippen LogP contribution in [0.15, 0.2) is 121 Å². The van der Waals surface area contributed by atoms with Gasteiger partial charge in [0.25, 0.3) is 0 Å². The minimum atomic E-state index is -1.14. The van der Waals surface area contributed by atoms with Crippen molar-refractivity contribution >= 4 is 34.7 Å². The van der Waals surface area contributed by atoms with Crippen LogP contribution in [0.4, 0.5) is 17.1 Å². The number of anilines is 3. The third-order valence-electron chi connectivity index (χ3n) is 6.92. The Morgan fingerprint density at radius 3 is 1.41 bits per heavy atom. The molecular weight excluding hydrogens is 502 g/mol. The van der Waals surface area contributed by atoms with Crippen LogP contribution in [0, 0.1) is 32.6 Å². The molecule has 3 heteroatoms. The molecule has 0 bridgehead atoms. The first-order valence-electron chi connectivity index (χ1n) is 13.5. The van der Waals surface area contributed by atoms with E-state index in [0.717, 1.165) is 22.6 Å². The van der Waals surface area contributed by atoms with Crippen molar-refractivity contribution < 1.29 is 9.90 Å². The molecule has 5 rings (SSSR count). The Bertz CT molecular complexity index is 1690. The summed E-state index contributed by atoms with van der Waals surface area (Å²) in [6, 6.07) is 41.9. The van der Waals surface area contributed by atoms with Gasteiger partial charge in [-0.15, -0.1) is 0 Å². The second-order valence-corrected chi connectivity index (χ2v) is 10.2. The third-order valence-corrected chi connectivity index (χ3v) is 6.92. The molecule has 0 aliphatic rings. The van der Waals surface area contributed by atoms with E-state index in [1.54, 1.807) is 0 Å². The van der Waals surface area contributed by atoms with Gasteiger partial charge < -0.3 is 10.0 Å². The maximum atomic E-state index is 10.8. The van der Waals surface area contributed by atoms with Crippen LogP contribution in [0.1, 0.15) is 38.9 Å². The van der Waals surface area contributed by atoms with Crippen molar-refractivity contribution in [2.24, 2.45) is 0 Å². The number of carboxylic acid groups (broad SMARTS) is 1. The lowest BCUT2D eigenvalue weighted by atomic mass is 9.94. The average molecular weight is 534 g/mol. The van der Waals surface area contributed by atoms with Crippen molar-refractivity contribution in [3.8, 4) is 11.8 Å². The molecule has 1 N–H and O–H groups in total. The highest BCUT2D eigenvalue weighted by Gasteiger charge is 2.13. The summed E-state index contributed by atoms with van der Waals surface area (Å²) in [5.41, 5.74) is 11.9. The van der Waals surface area contributed by atoms with Gasteiger partial charge in [0.1, 0.15) is 0 Å². The van der Waals surface area contributed by atoms with E-state index in [1.165, 1.54) is 33.4 Å². The lowest BCUT2D eigenvalue weighted by Gasteiger charge is -2.26. The Morgan fingerprint density at radius 2 is 0.976 bits per heavy atom. The maximum absolute atomic E-state index is 10.8. The van der Waals surface area contributed by atoms with Crippen molar-refractivity contribution in [3.63, 3.8) is 0 Å². The number of aryl methyl sites for hydroxylation is 3. The lowest BCUT2D eigenvalue weighted by molar-refractivity contribution is -0.130. The number of carbonyl (C=O) groups is 1. The smallest absolute Gasteiger partial charge is 0.382 e. The number of nitrogens with zero attached hydrogens (tertiary/aromatic N) is 1. The van der Waals surface area contributed by atoms with Crippen LogP contribution in [0.2, 0.25) is 0 Å². The van der Waals surface area contributed by atoms with E-state index in [1.807, 2.05) is 24.3 Å². The van der Waals surface area contributed by atoms with Gasteiger partial charge in [-0.2, -0.15) is 0 Å². The van der Waals surface area contributed by atoms with E-state index >= 15 is 0 Å². The van der Waals surface area contributed by atoms with Gasteiger partial charge in [-0.05, 0) is 97.6 Å². The molecule has 0 aromatic heterocycles. The Morgan fingerprint density at radius 1 is 0.585 bits per heavy atom. The lowest BCUT2D eigenvalue weighted by Crippen LogP contribution is -2.09. The van der Waals surface area contributed by atoms with Gasteiger partial charge in [-0.25, -0.2) is 4.79 Å². The van der Waals surface area contributed by atoms with Crippen LogP contribution < -0.4 is 4.90 Å². The zero-order valence-corrected chi connectivity index (χ0v) is 23.4. The molecule has 0 aliphatic heterocycles. The topological polar surface area (TPSA) is 40.5 Å². The fraction of sp³-hybridized carbons (Fsp3) is 0.0789. The molecule has 0 saturated carbocycles. The van der Waals surface area contributed by atoms with E-state index < -0.39 is 5.97 Å². The molecule has 0 heterocycles. The highest BCUT2D eigenvalue weighted by Crippen LogP contribution is 2.35. The standard InChI is InChI=1S/C38H31NO2/c1-27-4-15-32(16-5-27)37(33-17-6-28(2)7-18-33)26-31-12-23-36(24-13-31)39(34-19-8-29(3)9-20-34)35-21-10-30(11-22-35)14-25-38(40)41/h4-13,15-24,26H,1-3H3,(H,40,41). The van der Waals surface area contributed by atoms with Crippen LogP contribution >= 0.6 is 0 Å². The third kappa shape index (κ3) is 6.82. The van der Waals surface area contributed by atoms with Crippen LogP contribution in [0.5, 0.6) is 0 Å². The van der Waals surface area contributed by atoms with Gasteiger partial charge in [0, 0.05) is 28.5 Å². The summed E-state index contributed by atoms with van der Waals surface area (Å²) in [6.45, 7) is 6.29. The Labute approximate surface area is 242 Å². The van der Waals surface area contributed by atoms with E-state index in [-0.39, 0.29) is 0 Å². The van der Waals surface area contributed by atoms with Crippen LogP contribution in [0.3, 0.4) is 0 Å².